The van der Waals surface area contributed by atoms with Crippen LogP contribution in [0.1, 0.15) is 35.8 Å². The van der Waals surface area contributed by atoms with E-state index in [1.807, 2.05) is 44.2 Å². The van der Waals surface area contributed by atoms with Gasteiger partial charge in [0.2, 0.25) is 0 Å². The molecule has 0 aliphatic rings. The maximum Gasteiger partial charge on any atom is 0.252 e. The third-order valence-corrected chi connectivity index (χ3v) is 6.51. The molecule has 2 heterocycles. The minimum atomic E-state index is -3.27. The Balaban J connectivity index is 1.69. The summed E-state index contributed by atoms with van der Waals surface area (Å²) in [6, 6.07) is 17.7. The fraction of sp³-hybridized carbons (Fsp3) is 0.208. The smallest absolute Gasteiger partial charge is 0.252 e. The van der Waals surface area contributed by atoms with E-state index in [2.05, 4.69) is 10.4 Å². The fourth-order valence-corrected chi connectivity index (χ4v) is 4.22. The Hall–Kier alpha value is -3.52. The molecule has 0 saturated carbocycles. The van der Waals surface area contributed by atoms with E-state index < -0.39 is 9.84 Å². The van der Waals surface area contributed by atoms with E-state index in [0.717, 1.165) is 11.1 Å². The SMILES string of the molecule is CCn1ncc2c(C(=O)N[C@@H](C)c3ccc(S(C)(=O)=O)cc3)cc(-c3ccccc3)nc21. The van der Waals surface area contributed by atoms with Gasteiger partial charge in [-0.15, -0.1) is 0 Å². The Morgan fingerprint density at radius 3 is 2.41 bits per heavy atom. The Labute approximate surface area is 187 Å². The van der Waals surface area contributed by atoms with Gasteiger partial charge in [-0.2, -0.15) is 5.10 Å². The predicted molar refractivity (Wildman–Crippen MR) is 124 cm³/mol. The molecule has 0 radical (unpaired) electrons. The highest BCUT2D eigenvalue weighted by Gasteiger charge is 2.19. The number of amides is 1. The molecule has 0 bridgehead atoms. The van der Waals surface area contributed by atoms with Crippen molar-refractivity contribution in [3.8, 4) is 11.3 Å². The molecule has 0 spiro atoms. The number of carbonyl (C=O) groups excluding carboxylic acids is 1. The maximum atomic E-state index is 13.3. The predicted octanol–water partition coefficient (Wildman–Crippen LogP) is 4.01. The van der Waals surface area contributed by atoms with Crippen molar-refractivity contribution in [2.75, 3.05) is 6.26 Å². The molecule has 164 valence electrons. The summed E-state index contributed by atoms with van der Waals surface area (Å²) < 4.78 is 25.2. The highest BCUT2D eigenvalue weighted by Crippen LogP contribution is 2.26. The third kappa shape index (κ3) is 4.27. The van der Waals surface area contributed by atoms with Crippen molar-refractivity contribution in [1.29, 1.82) is 0 Å². The number of benzene rings is 2. The molecule has 0 saturated heterocycles. The van der Waals surface area contributed by atoms with E-state index in [4.69, 9.17) is 4.98 Å². The molecule has 32 heavy (non-hydrogen) atoms. The lowest BCUT2D eigenvalue weighted by Gasteiger charge is -2.16. The molecule has 8 heteroatoms. The van der Waals surface area contributed by atoms with Gasteiger partial charge in [0.15, 0.2) is 15.5 Å². The minimum Gasteiger partial charge on any atom is -0.345 e. The number of sulfone groups is 1. The lowest BCUT2D eigenvalue weighted by molar-refractivity contribution is 0.0941. The molecule has 0 aliphatic heterocycles. The number of hydrogen-bond acceptors (Lipinski definition) is 5. The molecule has 1 atom stereocenters. The van der Waals surface area contributed by atoms with E-state index in [-0.39, 0.29) is 16.8 Å². The minimum absolute atomic E-state index is 0.245. The van der Waals surface area contributed by atoms with Crippen LogP contribution in [0.25, 0.3) is 22.3 Å². The van der Waals surface area contributed by atoms with Crippen molar-refractivity contribution in [3.63, 3.8) is 0 Å². The van der Waals surface area contributed by atoms with Crippen LogP contribution in [-0.2, 0) is 16.4 Å². The van der Waals surface area contributed by atoms with Gasteiger partial charge >= 0.3 is 0 Å². The standard InChI is InChI=1S/C24H24N4O3S/c1-4-28-23-21(15-25-28)20(14-22(27-23)18-8-6-5-7-9-18)24(29)26-16(2)17-10-12-19(13-11-17)32(3,30)31/h5-16H,4H2,1-3H3,(H,26,29)/t16-/m0/s1. The van der Waals surface area contributed by atoms with Crippen molar-refractivity contribution in [2.24, 2.45) is 0 Å². The van der Waals surface area contributed by atoms with Gasteiger partial charge < -0.3 is 5.32 Å². The van der Waals surface area contributed by atoms with Crippen LogP contribution in [0.4, 0.5) is 0 Å². The van der Waals surface area contributed by atoms with E-state index in [1.165, 1.54) is 6.26 Å². The van der Waals surface area contributed by atoms with E-state index >= 15 is 0 Å². The first kappa shape index (κ1) is 21.7. The first-order valence-electron chi connectivity index (χ1n) is 10.3. The zero-order valence-corrected chi connectivity index (χ0v) is 18.9. The second-order valence-corrected chi connectivity index (χ2v) is 9.67. The Kier molecular flexibility index (Phi) is 5.80. The topological polar surface area (TPSA) is 94.0 Å². The molecule has 2 aromatic heterocycles. The monoisotopic (exact) mass is 448 g/mol. The van der Waals surface area contributed by atoms with Crippen molar-refractivity contribution >= 4 is 26.8 Å². The summed E-state index contributed by atoms with van der Waals surface area (Å²) in [6.45, 7) is 4.48. The zero-order valence-electron chi connectivity index (χ0n) is 18.1. The van der Waals surface area contributed by atoms with Crippen LogP contribution in [0, 0.1) is 0 Å². The summed E-state index contributed by atoms with van der Waals surface area (Å²) in [7, 11) is -3.27. The number of aromatic nitrogens is 3. The number of nitrogens with one attached hydrogen (secondary N) is 1. The average Bonchev–Trinajstić information content (AvgIpc) is 3.21. The Bertz CT molecular complexity index is 1380. The molecular formula is C24H24N4O3S. The van der Waals surface area contributed by atoms with Crippen LogP contribution in [0.5, 0.6) is 0 Å². The molecule has 0 aliphatic carbocycles. The van der Waals surface area contributed by atoms with E-state index in [1.54, 1.807) is 41.2 Å². The van der Waals surface area contributed by atoms with Gasteiger partial charge in [-0.25, -0.2) is 18.1 Å². The van der Waals surface area contributed by atoms with Crippen molar-refractivity contribution < 1.29 is 13.2 Å². The number of hydrogen-bond donors (Lipinski definition) is 1. The quantitative estimate of drug-likeness (QED) is 0.481. The number of aryl methyl sites for hydroxylation is 1. The van der Waals surface area contributed by atoms with Crippen molar-refractivity contribution in [1.82, 2.24) is 20.1 Å². The third-order valence-electron chi connectivity index (χ3n) is 5.38. The maximum absolute atomic E-state index is 13.3. The number of pyridine rings is 1. The average molecular weight is 449 g/mol. The summed E-state index contributed by atoms with van der Waals surface area (Å²) in [5.74, 6) is -0.245. The molecule has 7 nitrogen and oxygen atoms in total. The highest BCUT2D eigenvalue weighted by atomic mass is 32.2. The Morgan fingerprint density at radius 1 is 1.09 bits per heavy atom. The van der Waals surface area contributed by atoms with Gasteiger partial charge in [0.25, 0.3) is 5.91 Å². The zero-order chi connectivity index (χ0) is 22.9. The second kappa shape index (κ2) is 8.55. The number of nitrogens with zero attached hydrogens (tertiary/aromatic N) is 3. The molecule has 1 N–H and O–H groups in total. The van der Waals surface area contributed by atoms with Gasteiger partial charge in [0.05, 0.1) is 33.8 Å². The molecular weight excluding hydrogens is 424 g/mol. The summed E-state index contributed by atoms with van der Waals surface area (Å²) in [5.41, 5.74) is 3.57. The first-order valence-corrected chi connectivity index (χ1v) is 12.2. The second-order valence-electron chi connectivity index (χ2n) is 7.66. The molecule has 0 fully saturated rings. The van der Waals surface area contributed by atoms with Crippen LogP contribution < -0.4 is 5.32 Å². The summed E-state index contributed by atoms with van der Waals surface area (Å²) >= 11 is 0. The summed E-state index contributed by atoms with van der Waals surface area (Å²) in [5, 5.41) is 8.08. The van der Waals surface area contributed by atoms with Crippen molar-refractivity contribution in [2.45, 2.75) is 31.3 Å². The molecule has 4 aromatic rings. The molecule has 1 amide bonds. The van der Waals surface area contributed by atoms with Crippen molar-refractivity contribution in [3.05, 3.63) is 78.0 Å². The van der Waals surface area contributed by atoms with E-state index in [0.29, 0.717) is 28.8 Å². The fourth-order valence-electron chi connectivity index (χ4n) is 3.59. The number of carbonyl (C=O) groups is 1. The lowest BCUT2D eigenvalue weighted by Crippen LogP contribution is -2.27. The van der Waals surface area contributed by atoms with Gasteiger partial charge in [-0.3, -0.25) is 4.79 Å². The summed E-state index contributed by atoms with van der Waals surface area (Å²) in [4.78, 5) is 18.3. The van der Waals surface area contributed by atoms with Gasteiger partial charge in [-0.05, 0) is 37.6 Å². The van der Waals surface area contributed by atoms with Crippen LogP contribution in [0.3, 0.4) is 0 Å². The van der Waals surface area contributed by atoms with Crippen LogP contribution in [-0.4, -0.2) is 35.3 Å². The molecule has 4 rings (SSSR count). The van der Waals surface area contributed by atoms with Gasteiger partial charge in [0.1, 0.15) is 0 Å². The van der Waals surface area contributed by atoms with Crippen LogP contribution in [0.15, 0.2) is 71.8 Å². The lowest BCUT2D eigenvalue weighted by atomic mass is 10.0. The normalized spacial score (nSPS) is 12.6. The Morgan fingerprint density at radius 2 is 1.78 bits per heavy atom. The van der Waals surface area contributed by atoms with Crippen LogP contribution >= 0.6 is 0 Å². The van der Waals surface area contributed by atoms with Gasteiger partial charge in [0, 0.05) is 18.4 Å². The van der Waals surface area contributed by atoms with E-state index in [9.17, 15) is 13.2 Å². The number of rotatable bonds is 6. The highest BCUT2D eigenvalue weighted by molar-refractivity contribution is 7.90. The summed E-state index contributed by atoms with van der Waals surface area (Å²) in [6.07, 6.45) is 2.84. The molecule has 2 aromatic carbocycles. The number of fused-ring (bicyclic) bond motifs is 1. The molecule has 0 unspecified atom stereocenters. The van der Waals surface area contributed by atoms with Gasteiger partial charge in [-0.1, -0.05) is 42.5 Å². The van der Waals surface area contributed by atoms with Crippen LogP contribution in [0.2, 0.25) is 0 Å². The largest absolute Gasteiger partial charge is 0.345 e. The first-order chi connectivity index (χ1) is 15.3.